The molecule has 29 heavy (non-hydrogen) atoms. The Bertz CT molecular complexity index is 1050. The number of nitrogens with one attached hydrogen (secondary N) is 1. The Morgan fingerprint density at radius 1 is 1.17 bits per heavy atom. The Kier molecular flexibility index (Phi) is 5.38. The molecule has 1 atom stereocenters. The number of hydrogen-bond acceptors (Lipinski definition) is 4. The maximum absolute atomic E-state index is 12.9. The van der Waals surface area contributed by atoms with Gasteiger partial charge in [0.15, 0.2) is 0 Å². The predicted octanol–water partition coefficient (Wildman–Crippen LogP) is 3.96. The molecule has 0 spiro atoms. The summed E-state index contributed by atoms with van der Waals surface area (Å²) in [4.78, 5) is 12.9. The molecular formula is C22H28N2O4S. The van der Waals surface area contributed by atoms with Crippen molar-refractivity contribution in [2.45, 2.75) is 45.6 Å². The van der Waals surface area contributed by atoms with Crippen molar-refractivity contribution in [2.75, 3.05) is 23.0 Å². The molecule has 1 aliphatic heterocycles. The first-order valence-corrected chi connectivity index (χ1v) is 11.4. The van der Waals surface area contributed by atoms with Gasteiger partial charge in [0.05, 0.1) is 24.7 Å². The lowest BCUT2D eigenvalue weighted by atomic mass is 9.87. The van der Waals surface area contributed by atoms with E-state index in [0.717, 1.165) is 11.1 Å². The van der Waals surface area contributed by atoms with Crippen LogP contribution in [0, 0.1) is 0 Å². The lowest BCUT2D eigenvalue weighted by Crippen LogP contribution is -2.34. The van der Waals surface area contributed by atoms with E-state index < -0.39 is 10.0 Å². The molecule has 2 aromatic carbocycles. The summed E-state index contributed by atoms with van der Waals surface area (Å²) in [6, 6.07) is 10.7. The van der Waals surface area contributed by atoms with Gasteiger partial charge in [0.2, 0.25) is 10.0 Å². The topological polar surface area (TPSA) is 75.7 Å². The average molecular weight is 417 g/mol. The van der Waals surface area contributed by atoms with Crippen LogP contribution in [0.15, 0.2) is 36.4 Å². The zero-order valence-corrected chi connectivity index (χ0v) is 18.6. The van der Waals surface area contributed by atoms with Crippen molar-refractivity contribution in [3.63, 3.8) is 0 Å². The average Bonchev–Trinajstić information content (AvgIpc) is 2.95. The van der Waals surface area contributed by atoms with E-state index in [1.807, 2.05) is 25.1 Å². The van der Waals surface area contributed by atoms with Gasteiger partial charge >= 0.3 is 0 Å². The van der Waals surface area contributed by atoms with E-state index in [2.05, 4.69) is 26.1 Å². The third kappa shape index (κ3) is 4.24. The quantitative estimate of drug-likeness (QED) is 0.819. The fourth-order valence-corrected chi connectivity index (χ4v) is 4.98. The smallest absolute Gasteiger partial charge is 0.255 e. The first-order valence-electron chi connectivity index (χ1n) is 9.54. The number of hydrogen-bond donors (Lipinski definition) is 1. The number of benzene rings is 2. The van der Waals surface area contributed by atoms with Crippen LogP contribution in [0.2, 0.25) is 0 Å². The van der Waals surface area contributed by atoms with Crippen molar-refractivity contribution in [1.82, 2.24) is 0 Å². The molecule has 156 valence electrons. The number of anilines is 2. The summed E-state index contributed by atoms with van der Waals surface area (Å²) in [5.41, 5.74) is 3.60. The Hall–Kier alpha value is -2.54. The van der Waals surface area contributed by atoms with E-state index in [9.17, 15) is 13.2 Å². The van der Waals surface area contributed by atoms with E-state index >= 15 is 0 Å². The van der Waals surface area contributed by atoms with Crippen molar-refractivity contribution < 1.29 is 17.9 Å². The maximum Gasteiger partial charge on any atom is 0.255 e. The summed E-state index contributed by atoms with van der Waals surface area (Å²) in [6.45, 7) is 8.18. The minimum Gasteiger partial charge on any atom is -0.495 e. The molecule has 0 aliphatic carbocycles. The van der Waals surface area contributed by atoms with Gasteiger partial charge in [-0.2, -0.15) is 0 Å². The van der Waals surface area contributed by atoms with E-state index in [4.69, 9.17) is 4.74 Å². The van der Waals surface area contributed by atoms with E-state index in [-0.39, 0.29) is 17.4 Å². The number of carbonyl (C=O) groups is 1. The minimum atomic E-state index is -3.36. The molecule has 0 saturated heterocycles. The monoisotopic (exact) mass is 416 g/mol. The molecule has 3 rings (SSSR count). The first kappa shape index (κ1) is 21.2. The van der Waals surface area contributed by atoms with Crippen molar-refractivity contribution >= 4 is 27.3 Å². The summed E-state index contributed by atoms with van der Waals surface area (Å²) >= 11 is 0. The lowest BCUT2D eigenvalue weighted by Gasteiger charge is -2.22. The Labute approximate surface area is 172 Å². The molecule has 0 unspecified atom stereocenters. The number of fused-ring (bicyclic) bond motifs is 1. The zero-order valence-electron chi connectivity index (χ0n) is 17.7. The standard InChI is InChI=1S/C22H28N2O4S/c1-14-11-16-12-15(7-9-19(16)24(14)29(6,26)27)21(25)23-18-13-17(22(2,3)4)8-10-20(18)28-5/h7-10,12-14H,11H2,1-6H3,(H,23,25)/t14-/m0/s1. The molecule has 0 saturated carbocycles. The van der Waals surface area contributed by atoms with Gasteiger partial charge in [0.25, 0.3) is 5.91 Å². The third-order valence-electron chi connectivity index (χ3n) is 5.17. The minimum absolute atomic E-state index is 0.0649. The molecule has 6 nitrogen and oxygen atoms in total. The van der Waals surface area contributed by atoms with Gasteiger partial charge in [-0.15, -0.1) is 0 Å². The number of sulfonamides is 1. The number of amides is 1. The summed E-state index contributed by atoms with van der Waals surface area (Å²) < 4.78 is 31.0. The second kappa shape index (κ2) is 7.37. The highest BCUT2D eigenvalue weighted by Gasteiger charge is 2.32. The number of rotatable bonds is 4. The molecule has 0 fully saturated rings. The zero-order chi connectivity index (χ0) is 21.6. The Balaban J connectivity index is 1.91. The van der Waals surface area contributed by atoms with Gasteiger partial charge in [-0.3, -0.25) is 9.10 Å². The first-order chi connectivity index (χ1) is 13.4. The molecular weight excluding hydrogens is 388 g/mol. The SMILES string of the molecule is COc1ccc(C(C)(C)C)cc1NC(=O)c1ccc2c(c1)C[C@H](C)N2S(C)(=O)=O. The number of ether oxygens (including phenoxy) is 1. The van der Waals surface area contributed by atoms with Gasteiger partial charge in [0.1, 0.15) is 5.75 Å². The summed E-state index contributed by atoms with van der Waals surface area (Å²) in [6.07, 6.45) is 1.78. The van der Waals surface area contributed by atoms with Crippen LogP contribution in [-0.2, 0) is 21.9 Å². The van der Waals surface area contributed by atoms with Crippen molar-refractivity contribution in [3.05, 3.63) is 53.1 Å². The van der Waals surface area contributed by atoms with E-state index in [1.54, 1.807) is 25.3 Å². The normalized spacial score (nSPS) is 16.5. The molecule has 1 amide bonds. The fraction of sp³-hybridized carbons (Fsp3) is 0.409. The van der Waals surface area contributed by atoms with Gasteiger partial charge < -0.3 is 10.1 Å². The van der Waals surface area contributed by atoms with Crippen molar-refractivity contribution in [1.29, 1.82) is 0 Å². The summed E-state index contributed by atoms with van der Waals surface area (Å²) in [7, 11) is -1.79. The molecule has 0 bridgehead atoms. The highest BCUT2D eigenvalue weighted by Crippen LogP contribution is 2.35. The predicted molar refractivity (Wildman–Crippen MR) is 117 cm³/mol. The van der Waals surface area contributed by atoms with E-state index in [0.29, 0.717) is 29.1 Å². The van der Waals surface area contributed by atoms with Crippen LogP contribution in [0.3, 0.4) is 0 Å². The van der Waals surface area contributed by atoms with Crippen LogP contribution >= 0.6 is 0 Å². The highest BCUT2D eigenvalue weighted by atomic mass is 32.2. The highest BCUT2D eigenvalue weighted by molar-refractivity contribution is 7.92. The van der Waals surface area contributed by atoms with Crippen LogP contribution in [0.1, 0.15) is 49.2 Å². The molecule has 7 heteroatoms. The number of nitrogens with zero attached hydrogens (tertiary/aromatic N) is 1. The maximum atomic E-state index is 12.9. The van der Waals surface area contributed by atoms with Crippen LogP contribution in [0.5, 0.6) is 5.75 Å². The van der Waals surface area contributed by atoms with Crippen molar-refractivity contribution in [3.8, 4) is 5.75 Å². The lowest BCUT2D eigenvalue weighted by molar-refractivity contribution is 0.102. The van der Waals surface area contributed by atoms with Gasteiger partial charge in [-0.1, -0.05) is 26.8 Å². The molecule has 2 aromatic rings. The molecule has 1 heterocycles. The molecule has 1 aliphatic rings. The molecule has 1 N–H and O–H groups in total. The van der Waals surface area contributed by atoms with Crippen LogP contribution < -0.4 is 14.4 Å². The second-order valence-electron chi connectivity index (χ2n) is 8.57. The van der Waals surface area contributed by atoms with Crippen LogP contribution in [-0.4, -0.2) is 33.7 Å². The van der Waals surface area contributed by atoms with Gasteiger partial charge in [0, 0.05) is 11.6 Å². The molecule has 0 aromatic heterocycles. The Morgan fingerprint density at radius 3 is 2.45 bits per heavy atom. The van der Waals surface area contributed by atoms with Gasteiger partial charge in [-0.05, 0) is 60.2 Å². The second-order valence-corrected chi connectivity index (χ2v) is 10.4. The van der Waals surface area contributed by atoms with E-state index in [1.165, 1.54) is 10.6 Å². The number of carbonyl (C=O) groups excluding carboxylic acids is 1. The number of methoxy groups -OCH3 is 1. The fourth-order valence-electron chi connectivity index (χ4n) is 3.72. The van der Waals surface area contributed by atoms with Gasteiger partial charge in [-0.25, -0.2) is 8.42 Å². The summed E-state index contributed by atoms with van der Waals surface area (Å²) in [5, 5.41) is 2.94. The summed E-state index contributed by atoms with van der Waals surface area (Å²) in [5.74, 6) is 0.326. The Morgan fingerprint density at radius 2 is 1.86 bits per heavy atom. The van der Waals surface area contributed by atoms with Crippen LogP contribution in [0.25, 0.3) is 0 Å². The largest absolute Gasteiger partial charge is 0.495 e. The van der Waals surface area contributed by atoms with Crippen molar-refractivity contribution in [2.24, 2.45) is 0 Å². The van der Waals surface area contributed by atoms with Crippen LogP contribution in [0.4, 0.5) is 11.4 Å². The molecule has 0 radical (unpaired) electrons. The third-order valence-corrected chi connectivity index (χ3v) is 6.44.